The van der Waals surface area contributed by atoms with Gasteiger partial charge in [-0.05, 0) is 76.7 Å². The Bertz CT molecular complexity index is 8050. The quantitative estimate of drug-likeness (QED) is 0.0881. The van der Waals surface area contributed by atoms with E-state index in [9.17, 15) is 0 Å². The maximum atomic E-state index is 4.86. The largest absolute Gasteiger partial charge is 0.256 e. The van der Waals surface area contributed by atoms with Crippen LogP contribution in [0.5, 0.6) is 0 Å². The molecule has 24 rings (SSSR count). The van der Waals surface area contributed by atoms with Gasteiger partial charge in [0.05, 0.1) is 27.9 Å². The lowest BCUT2D eigenvalue weighted by Gasteiger charge is -2.10. The fraction of sp³-hybridized carbons (Fsp3) is 0. The molecule has 0 amide bonds. The number of nitrogens with zero attached hydrogens (tertiary/aromatic N) is 16. The molecule has 16 aromatic carbocycles. The first kappa shape index (κ1) is 84.1. The van der Waals surface area contributed by atoms with E-state index < -0.39 is 0 Å². The Morgan fingerprint density at radius 3 is 0.846 bits per heavy atom. The maximum absolute atomic E-state index is 4.86. The molecular weight excluding hydrogens is 1670 g/mol. The van der Waals surface area contributed by atoms with Crippen molar-refractivity contribution < 1.29 is 0 Å². The molecule has 0 bridgehead atoms. The molecule has 16 heteroatoms. The molecule has 0 fully saturated rings. The summed E-state index contributed by atoms with van der Waals surface area (Å²) in [5.41, 5.74) is 22.7. The van der Waals surface area contributed by atoms with E-state index in [1.165, 1.54) is 0 Å². The summed E-state index contributed by atoms with van der Waals surface area (Å²) >= 11 is 0. The van der Waals surface area contributed by atoms with E-state index in [0.29, 0.717) is 69.9 Å². The Morgan fingerprint density at radius 2 is 0.426 bits per heavy atom. The summed E-state index contributed by atoms with van der Waals surface area (Å²) in [5, 5.41) is 5.67. The number of fused-ring (bicyclic) bond motifs is 4. The lowest BCUT2D eigenvalue weighted by molar-refractivity contribution is 1.07. The Kier molecular flexibility index (Phi) is 24.5. The molecule has 136 heavy (non-hydrogen) atoms. The summed E-state index contributed by atoms with van der Waals surface area (Å²) in [6.07, 6.45) is 5.63. The Hall–Kier alpha value is -18.8. The van der Waals surface area contributed by atoms with E-state index >= 15 is 0 Å². The second-order valence-electron chi connectivity index (χ2n) is 32.0. The SMILES string of the molecule is c1ccc(-c2nc(-c3ccccc3)nc(-c3ccc(-c4ccnc5ccccc45)cc3)n2)cc1.c1ccc(-c2nc(-c3ccccc3)nc(-c3ccc(-c4cnc5ccccc5c4)cc3)n2)cc1.c1ccc(-c2nc(-c3ccccc3)nc(-c3cccc(-c4ccc5ccccc5n4)c3)n2)cc1.c1ccc(-c2nc(-c3ccccc3)nc(-c3cccc(-c4nccc5ccccc45)c3)n2)cc1. The number of rotatable bonds is 16. The molecule has 24 aromatic rings. The van der Waals surface area contributed by atoms with Crippen molar-refractivity contribution >= 4 is 43.5 Å². The van der Waals surface area contributed by atoms with E-state index in [-0.39, 0.29) is 0 Å². The van der Waals surface area contributed by atoms with Gasteiger partial charge in [0.2, 0.25) is 0 Å². The van der Waals surface area contributed by atoms with Crippen LogP contribution in [-0.2, 0) is 0 Å². The minimum Gasteiger partial charge on any atom is -0.256 e. The third-order valence-electron chi connectivity index (χ3n) is 23.1. The monoisotopic (exact) mass is 1740 g/mol. The van der Waals surface area contributed by atoms with Gasteiger partial charge in [-0.15, -0.1) is 0 Å². The number of aromatic nitrogens is 16. The minimum absolute atomic E-state index is 0.634. The molecule has 0 aliphatic heterocycles. The van der Waals surface area contributed by atoms with Gasteiger partial charge in [-0.3, -0.25) is 15.0 Å². The van der Waals surface area contributed by atoms with Gasteiger partial charge in [0.25, 0.3) is 0 Å². The molecule has 16 nitrogen and oxygen atoms in total. The molecule has 0 saturated heterocycles. The standard InChI is InChI=1S/4C30H20N4/c1-3-11-22(12-4-1)28-32-29(23-13-5-2-6-14-23)34-30(33-28)25-16-9-15-24(20-25)27-26-17-8-7-10-21(26)18-19-31-27;1-3-11-22(12-4-1)28-32-29(23-13-5-2-6-14-23)34-30(33-28)25-16-9-15-24(20-25)27-19-18-21-10-7-8-17-26(21)31-27;1-3-9-22(10-4-1)28-32-29(23-11-5-2-6-12-23)34-30(33-28)24-17-15-21(16-18-24)26-19-25-13-7-8-14-27(25)31-20-26;1-3-9-22(10-4-1)28-32-29(23-11-5-2-6-12-23)34-30(33-28)24-17-15-21(16-18-24)25-19-20-31-27-14-8-7-13-26(25)27/h4*1-20H. The predicted molar refractivity (Wildman–Crippen MR) is 547 cm³/mol. The first-order valence-electron chi connectivity index (χ1n) is 44.7. The van der Waals surface area contributed by atoms with Crippen molar-refractivity contribution in [2.75, 3.05) is 0 Å². The highest BCUT2D eigenvalue weighted by atomic mass is 15.1. The van der Waals surface area contributed by atoms with Gasteiger partial charge in [-0.2, -0.15) is 0 Å². The van der Waals surface area contributed by atoms with E-state index in [1.54, 1.807) is 0 Å². The lowest BCUT2D eigenvalue weighted by Crippen LogP contribution is -2.00. The highest BCUT2D eigenvalue weighted by Gasteiger charge is 2.20. The van der Waals surface area contributed by atoms with Crippen molar-refractivity contribution in [3.63, 3.8) is 0 Å². The number of hydrogen-bond donors (Lipinski definition) is 0. The summed E-state index contributed by atoms with van der Waals surface area (Å²) in [6.45, 7) is 0. The van der Waals surface area contributed by atoms with Crippen LogP contribution >= 0.6 is 0 Å². The Morgan fingerprint density at radius 1 is 0.132 bits per heavy atom. The van der Waals surface area contributed by atoms with Crippen molar-refractivity contribution in [2.45, 2.75) is 0 Å². The molecule has 0 unspecified atom stereocenters. The highest BCUT2D eigenvalue weighted by molar-refractivity contribution is 5.96. The maximum Gasteiger partial charge on any atom is 0.164 e. The van der Waals surface area contributed by atoms with E-state index in [2.05, 4.69) is 142 Å². The molecule has 0 saturated carbocycles. The number of hydrogen-bond acceptors (Lipinski definition) is 16. The molecular formula is C120H80N16. The highest BCUT2D eigenvalue weighted by Crippen LogP contribution is 2.37. The van der Waals surface area contributed by atoms with Crippen LogP contribution in [0.3, 0.4) is 0 Å². The first-order valence-corrected chi connectivity index (χ1v) is 44.7. The van der Waals surface area contributed by atoms with Gasteiger partial charge in [0.1, 0.15) is 0 Å². The molecule has 8 aromatic heterocycles. The molecule has 0 radical (unpaired) electrons. The van der Waals surface area contributed by atoms with Crippen LogP contribution in [0, 0.1) is 0 Å². The Balaban J connectivity index is 0.000000108. The fourth-order valence-corrected chi connectivity index (χ4v) is 16.1. The van der Waals surface area contributed by atoms with E-state index in [0.717, 1.165) is 155 Å². The summed E-state index contributed by atoms with van der Waals surface area (Å²) in [6, 6.07) is 156. The molecule has 0 aliphatic carbocycles. The van der Waals surface area contributed by atoms with Gasteiger partial charge in [-0.1, -0.05) is 413 Å². The third kappa shape index (κ3) is 19.3. The summed E-state index contributed by atoms with van der Waals surface area (Å²) in [5.74, 6) is 7.82. The van der Waals surface area contributed by atoms with Crippen molar-refractivity contribution in [3.8, 4) is 181 Å². The fourth-order valence-electron chi connectivity index (χ4n) is 16.1. The van der Waals surface area contributed by atoms with Crippen LogP contribution in [0.1, 0.15) is 0 Å². The first-order chi connectivity index (χ1) is 67.4. The van der Waals surface area contributed by atoms with Crippen molar-refractivity contribution in [3.05, 3.63) is 486 Å². The van der Waals surface area contributed by atoms with Gasteiger partial charge in [-0.25, -0.2) is 64.8 Å². The van der Waals surface area contributed by atoms with Crippen molar-refractivity contribution in [1.29, 1.82) is 0 Å². The average Bonchev–Trinajstić information content (AvgIpc) is 0.954. The zero-order valence-corrected chi connectivity index (χ0v) is 73.3. The zero-order valence-electron chi connectivity index (χ0n) is 73.3. The third-order valence-corrected chi connectivity index (χ3v) is 23.1. The van der Waals surface area contributed by atoms with Crippen LogP contribution in [0.25, 0.3) is 225 Å². The molecule has 0 spiro atoms. The van der Waals surface area contributed by atoms with Gasteiger partial charge < -0.3 is 0 Å². The summed E-state index contributed by atoms with van der Waals surface area (Å²) in [7, 11) is 0. The van der Waals surface area contributed by atoms with Crippen molar-refractivity contribution in [1.82, 2.24) is 79.7 Å². The van der Waals surface area contributed by atoms with Gasteiger partial charge in [0.15, 0.2) is 69.9 Å². The molecule has 8 heterocycles. The molecule has 0 aliphatic rings. The smallest absolute Gasteiger partial charge is 0.164 e. The van der Waals surface area contributed by atoms with E-state index in [1.807, 2.05) is 358 Å². The second-order valence-corrected chi connectivity index (χ2v) is 32.0. The van der Waals surface area contributed by atoms with Crippen LogP contribution in [0.4, 0.5) is 0 Å². The predicted octanol–water partition coefficient (Wildman–Crippen LogP) is 28.4. The lowest BCUT2D eigenvalue weighted by atomic mass is 10.00. The van der Waals surface area contributed by atoms with Gasteiger partial charge in [0, 0.05) is 124 Å². The average molecular weight is 1750 g/mol. The van der Waals surface area contributed by atoms with Crippen LogP contribution in [0.2, 0.25) is 0 Å². The Labute approximate surface area is 785 Å². The number of para-hydroxylation sites is 3. The summed E-state index contributed by atoms with van der Waals surface area (Å²) < 4.78 is 0. The second kappa shape index (κ2) is 39.7. The normalized spacial score (nSPS) is 10.9. The van der Waals surface area contributed by atoms with Crippen LogP contribution in [0.15, 0.2) is 486 Å². The zero-order chi connectivity index (χ0) is 91.0. The summed E-state index contributed by atoms with van der Waals surface area (Å²) in [4.78, 5) is 76.4. The minimum atomic E-state index is 0.634. The molecule has 640 valence electrons. The molecule has 0 N–H and O–H groups in total. The molecule has 0 atom stereocenters. The number of benzene rings is 16. The van der Waals surface area contributed by atoms with Crippen LogP contribution < -0.4 is 0 Å². The van der Waals surface area contributed by atoms with E-state index in [4.69, 9.17) is 64.8 Å². The van der Waals surface area contributed by atoms with Crippen molar-refractivity contribution in [2.24, 2.45) is 0 Å². The van der Waals surface area contributed by atoms with Crippen LogP contribution in [-0.4, -0.2) is 79.7 Å². The van der Waals surface area contributed by atoms with Gasteiger partial charge >= 0.3 is 0 Å². The topological polar surface area (TPSA) is 206 Å². The number of pyridine rings is 4.